The molecule has 35 heavy (non-hydrogen) atoms. The van der Waals surface area contributed by atoms with E-state index in [0.717, 1.165) is 48.0 Å². The van der Waals surface area contributed by atoms with Crippen LogP contribution in [0.3, 0.4) is 0 Å². The molecule has 0 saturated heterocycles. The molecule has 182 valence electrons. The van der Waals surface area contributed by atoms with Crippen molar-refractivity contribution < 1.29 is 14.6 Å². The average Bonchev–Trinajstić information content (AvgIpc) is 3.61. The second kappa shape index (κ2) is 8.62. The number of aliphatic hydroxyl groups excluding tert-OH is 1. The van der Waals surface area contributed by atoms with E-state index >= 15 is 0 Å². The Bertz CT molecular complexity index is 1410. The van der Waals surface area contributed by atoms with Crippen molar-refractivity contribution in [2.75, 3.05) is 19.5 Å². The number of aliphatic hydroxyl groups is 1. The number of methoxy groups -OCH3 is 1. The number of carbonyl (C=O) groups is 1. The fourth-order valence-corrected chi connectivity index (χ4v) is 5.38. The van der Waals surface area contributed by atoms with Crippen LogP contribution >= 0.6 is 0 Å². The average molecular weight is 476 g/mol. The van der Waals surface area contributed by atoms with Gasteiger partial charge in [-0.25, -0.2) is 9.97 Å². The minimum absolute atomic E-state index is 0.149. The second-order valence-corrected chi connectivity index (χ2v) is 9.39. The van der Waals surface area contributed by atoms with E-state index in [1.807, 2.05) is 25.4 Å². The molecule has 0 spiro atoms. The number of ether oxygens (including phenoxy) is 1. The van der Waals surface area contributed by atoms with Crippen LogP contribution in [-0.4, -0.2) is 67.6 Å². The molecule has 2 aliphatic carbocycles. The van der Waals surface area contributed by atoms with Gasteiger partial charge in [0.15, 0.2) is 5.65 Å². The van der Waals surface area contributed by atoms with E-state index < -0.39 is 6.10 Å². The summed E-state index contributed by atoms with van der Waals surface area (Å²) in [5.41, 5.74) is 3.40. The highest BCUT2D eigenvalue weighted by Gasteiger charge is 2.32. The number of hydrogen-bond donors (Lipinski definition) is 3. The summed E-state index contributed by atoms with van der Waals surface area (Å²) < 4.78 is 9.62. The highest BCUT2D eigenvalue weighted by Crippen LogP contribution is 2.38. The van der Waals surface area contributed by atoms with Gasteiger partial charge in [-0.3, -0.25) is 4.79 Å². The lowest BCUT2D eigenvalue weighted by Gasteiger charge is -2.32. The first-order chi connectivity index (χ1) is 17.1. The molecule has 4 atom stereocenters. The first kappa shape index (κ1) is 22.0. The van der Waals surface area contributed by atoms with Crippen molar-refractivity contribution in [2.45, 2.75) is 56.4 Å². The van der Waals surface area contributed by atoms with Crippen LogP contribution in [0, 0.1) is 0 Å². The Hall–Kier alpha value is -3.50. The van der Waals surface area contributed by atoms with Gasteiger partial charge in [0.05, 0.1) is 36.2 Å². The number of rotatable bonds is 6. The minimum atomic E-state index is -0.498. The summed E-state index contributed by atoms with van der Waals surface area (Å²) in [4.78, 5) is 22.6. The number of aromatic nitrogens is 5. The van der Waals surface area contributed by atoms with E-state index in [9.17, 15) is 9.90 Å². The lowest BCUT2D eigenvalue weighted by molar-refractivity contribution is 0.0448. The van der Waals surface area contributed by atoms with Crippen molar-refractivity contribution in [3.8, 4) is 11.3 Å². The largest absolute Gasteiger partial charge is 0.391 e. The quantitative estimate of drug-likeness (QED) is 0.392. The number of carbonyl (C=O) groups excluding carboxylic acids is 1. The number of nitrogens with zero attached hydrogens (tertiary/aromatic N) is 5. The molecule has 2 aliphatic rings. The zero-order valence-electron chi connectivity index (χ0n) is 19.8. The highest BCUT2D eigenvalue weighted by atomic mass is 16.5. The molecule has 3 N–H and O–H groups in total. The fraction of sp³-hybridized carbons (Fsp3) is 0.440. The maximum Gasteiger partial charge on any atom is 0.257 e. The summed E-state index contributed by atoms with van der Waals surface area (Å²) in [6, 6.07) is 5.90. The third-order valence-corrected chi connectivity index (χ3v) is 7.47. The molecule has 10 heteroatoms. The van der Waals surface area contributed by atoms with Gasteiger partial charge in [0.1, 0.15) is 17.0 Å². The van der Waals surface area contributed by atoms with Crippen molar-refractivity contribution >= 4 is 28.4 Å². The van der Waals surface area contributed by atoms with Gasteiger partial charge in [0.25, 0.3) is 5.91 Å². The zero-order chi connectivity index (χ0) is 24.1. The zero-order valence-corrected chi connectivity index (χ0v) is 19.8. The van der Waals surface area contributed by atoms with Crippen molar-refractivity contribution in [3.63, 3.8) is 0 Å². The van der Waals surface area contributed by atoms with Crippen LogP contribution in [-0.2, 0) is 4.74 Å². The number of hydrogen-bond acceptors (Lipinski definition) is 7. The van der Waals surface area contributed by atoms with E-state index in [-0.39, 0.29) is 24.1 Å². The Morgan fingerprint density at radius 3 is 2.86 bits per heavy atom. The maximum absolute atomic E-state index is 13.0. The summed E-state index contributed by atoms with van der Waals surface area (Å²) in [5.74, 6) is 0.432. The Morgan fingerprint density at radius 2 is 2.11 bits per heavy atom. The van der Waals surface area contributed by atoms with Crippen LogP contribution in [0.15, 0.2) is 36.8 Å². The second-order valence-electron chi connectivity index (χ2n) is 9.39. The molecule has 4 aromatic rings. The summed E-state index contributed by atoms with van der Waals surface area (Å²) in [7, 11) is 3.59. The van der Waals surface area contributed by atoms with Crippen molar-refractivity contribution in [1.82, 2.24) is 29.5 Å². The van der Waals surface area contributed by atoms with Gasteiger partial charge < -0.3 is 25.0 Å². The van der Waals surface area contributed by atoms with Crippen LogP contribution in [0.1, 0.15) is 48.5 Å². The Labute approximate surface area is 202 Å². The maximum atomic E-state index is 13.0. The molecule has 2 fully saturated rings. The SMILES string of the molecule is CNc1cc(-c2cn([C@@H]3CCC[C@H]3OC)c3ncccc23)nc2c(C(=O)N[C@H]3CC[C@H]3O)cnn12. The predicted molar refractivity (Wildman–Crippen MR) is 131 cm³/mol. The smallest absolute Gasteiger partial charge is 0.257 e. The van der Waals surface area contributed by atoms with Crippen LogP contribution in [0.5, 0.6) is 0 Å². The number of amides is 1. The summed E-state index contributed by atoms with van der Waals surface area (Å²) >= 11 is 0. The number of fused-ring (bicyclic) bond motifs is 2. The lowest BCUT2D eigenvalue weighted by atomic mass is 9.89. The van der Waals surface area contributed by atoms with Crippen LogP contribution in [0.2, 0.25) is 0 Å². The molecule has 1 amide bonds. The number of nitrogens with one attached hydrogen (secondary N) is 2. The van der Waals surface area contributed by atoms with Gasteiger partial charge in [-0.2, -0.15) is 9.61 Å². The van der Waals surface area contributed by atoms with Gasteiger partial charge in [0.2, 0.25) is 0 Å². The van der Waals surface area contributed by atoms with Crippen molar-refractivity contribution in [1.29, 1.82) is 0 Å². The van der Waals surface area contributed by atoms with Gasteiger partial charge in [0, 0.05) is 43.6 Å². The molecule has 2 saturated carbocycles. The molecule has 0 aliphatic heterocycles. The summed E-state index contributed by atoms with van der Waals surface area (Å²) in [5, 5.41) is 21.4. The third-order valence-electron chi connectivity index (χ3n) is 7.47. The normalized spacial score (nSPS) is 24.1. The van der Waals surface area contributed by atoms with Gasteiger partial charge in [-0.1, -0.05) is 0 Å². The monoisotopic (exact) mass is 475 g/mol. The van der Waals surface area contributed by atoms with Crippen LogP contribution in [0.25, 0.3) is 27.9 Å². The Morgan fingerprint density at radius 1 is 1.23 bits per heavy atom. The fourth-order valence-electron chi connectivity index (χ4n) is 5.38. The standard InChI is InChI=1S/C25H29N7O3/c1-26-22-11-18(29-24-15(12-28-32(22)24)25(34)30-17-8-9-20(17)33)16-13-31(19-6-3-7-21(19)35-2)23-14(16)5-4-10-27-23/h4-5,10-13,17,19-21,26,33H,3,6-9H2,1-2H3,(H,30,34)/t17-,19+,20+,21+/m0/s1. The van der Waals surface area contributed by atoms with Crippen LogP contribution < -0.4 is 10.6 Å². The van der Waals surface area contributed by atoms with Gasteiger partial charge in [-0.15, -0.1) is 0 Å². The van der Waals surface area contributed by atoms with Crippen molar-refractivity contribution in [3.05, 3.63) is 42.4 Å². The van der Waals surface area contributed by atoms with E-state index in [1.54, 1.807) is 11.6 Å². The topological polar surface area (TPSA) is 119 Å². The third kappa shape index (κ3) is 3.55. The minimum Gasteiger partial charge on any atom is -0.391 e. The first-order valence-corrected chi connectivity index (χ1v) is 12.1. The van der Waals surface area contributed by atoms with Gasteiger partial charge >= 0.3 is 0 Å². The molecule has 0 aromatic carbocycles. The highest BCUT2D eigenvalue weighted by molar-refractivity contribution is 6.01. The van der Waals surface area contributed by atoms with E-state index in [4.69, 9.17) is 14.7 Å². The first-order valence-electron chi connectivity index (χ1n) is 12.1. The molecule has 10 nitrogen and oxygen atoms in total. The molecule has 4 aromatic heterocycles. The molecular formula is C25H29N7O3. The lowest BCUT2D eigenvalue weighted by Crippen LogP contribution is -2.50. The molecule has 0 unspecified atom stereocenters. The summed E-state index contributed by atoms with van der Waals surface area (Å²) in [6.45, 7) is 0. The van der Waals surface area contributed by atoms with E-state index in [0.29, 0.717) is 23.4 Å². The van der Waals surface area contributed by atoms with Crippen molar-refractivity contribution in [2.24, 2.45) is 0 Å². The Kier molecular flexibility index (Phi) is 5.42. The molecule has 6 rings (SSSR count). The predicted octanol–water partition coefficient (Wildman–Crippen LogP) is 2.78. The molecule has 4 heterocycles. The Balaban J connectivity index is 1.47. The summed E-state index contributed by atoms with van der Waals surface area (Å²) in [6.07, 6.45) is 9.74. The number of anilines is 1. The van der Waals surface area contributed by atoms with Crippen LogP contribution in [0.4, 0.5) is 5.82 Å². The van der Waals surface area contributed by atoms with E-state index in [2.05, 4.69) is 32.6 Å². The molecular weight excluding hydrogens is 446 g/mol. The number of pyridine rings is 1. The molecule has 0 radical (unpaired) electrons. The van der Waals surface area contributed by atoms with E-state index in [1.165, 1.54) is 6.20 Å². The molecule has 0 bridgehead atoms. The van der Waals surface area contributed by atoms with Gasteiger partial charge in [-0.05, 0) is 44.2 Å².